The first-order chi connectivity index (χ1) is 8.22. The molecule has 1 aliphatic heterocycles. The Bertz CT molecular complexity index is 555. The van der Waals surface area contributed by atoms with E-state index in [9.17, 15) is 4.79 Å². The molecule has 0 aliphatic carbocycles. The Labute approximate surface area is 98.9 Å². The van der Waals surface area contributed by atoms with Gasteiger partial charge in [0.2, 0.25) is 5.91 Å². The number of aliphatic hydroxyl groups excluding tert-OH is 1. The minimum absolute atomic E-state index is 0.0881. The smallest absolute Gasteiger partial charge is 0.227 e. The molecule has 0 atom stereocenters. The first kappa shape index (κ1) is 10.4. The van der Waals surface area contributed by atoms with Gasteiger partial charge in [-0.05, 0) is 29.1 Å². The van der Waals surface area contributed by atoms with Crippen LogP contribution in [-0.2, 0) is 11.2 Å². The molecule has 0 saturated carbocycles. The van der Waals surface area contributed by atoms with Crippen LogP contribution in [0.2, 0.25) is 0 Å². The van der Waals surface area contributed by atoms with E-state index in [-0.39, 0.29) is 12.0 Å². The van der Waals surface area contributed by atoms with Crippen molar-refractivity contribution in [2.45, 2.75) is 12.5 Å². The van der Waals surface area contributed by atoms with Crippen LogP contribution in [0.5, 0.6) is 0 Å². The highest BCUT2D eigenvalue weighted by molar-refractivity contribution is 5.84. The van der Waals surface area contributed by atoms with Gasteiger partial charge in [-0.1, -0.05) is 6.07 Å². The molecule has 0 bridgehead atoms. The van der Waals surface area contributed by atoms with Crippen LogP contribution in [0.1, 0.15) is 5.56 Å². The summed E-state index contributed by atoms with van der Waals surface area (Å²) in [5, 5.41) is 10.3. The SMILES string of the molecule is O=C(Cc1ccc2[nH]ccc2c1)N1CC(O)C1. The highest BCUT2D eigenvalue weighted by atomic mass is 16.3. The molecule has 1 fully saturated rings. The Morgan fingerprint density at radius 2 is 2.24 bits per heavy atom. The van der Waals surface area contributed by atoms with Gasteiger partial charge in [-0.2, -0.15) is 0 Å². The van der Waals surface area contributed by atoms with E-state index < -0.39 is 0 Å². The van der Waals surface area contributed by atoms with Gasteiger partial charge in [0, 0.05) is 24.8 Å². The first-order valence-electron chi connectivity index (χ1n) is 5.74. The summed E-state index contributed by atoms with van der Waals surface area (Å²) < 4.78 is 0. The summed E-state index contributed by atoms with van der Waals surface area (Å²) in [5.74, 6) is 0.0881. The minimum Gasteiger partial charge on any atom is -0.389 e. The lowest BCUT2D eigenvalue weighted by Gasteiger charge is -2.35. The Balaban J connectivity index is 1.73. The third-order valence-electron chi connectivity index (χ3n) is 3.19. The van der Waals surface area contributed by atoms with Crippen LogP contribution in [-0.4, -0.2) is 40.1 Å². The third-order valence-corrected chi connectivity index (χ3v) is 3.19. The first-order valence-corrected chi connectivity index (χ1v) is 5.74. The number of hydrogen-bond donors (Lipinski definition) is 2. The van der Waals surface area contributed by atoms with E-state index in [0.717, 1.165) is 16.5 Å². The normalized spacial score (nSPS) is 16.2. The molecule has 2 aromatic rings. The van der Waals surface area contributed by atoms with Crippen molar-refractivity contribution in [2.24, 2.45) is 0 Å². The van der Waals surface area contributed by atoms with E-state index >= 15 is 0 Å². The minimum atomic E-state index is -0.328. The van der Waals surface area contributed by atoms with Gasteiger partial charge in [0.25, 0.3) is 0 Å². The number of amides is 1. The summed E-state index contributed by atoms with van der Waals surface area (Å²) in [5.41, 5.74) is 2.10. The van der Waals surface area contributed by atoms with Crippen molar-refractivity contribution in [3.05, 3.63) is 36.0 Å². The summed E-state index contributed by atoms with van der Waals surface area (Å²) in [7, 11) is 0. The number of carbonyl (C=O) groups is 1. The number of fused-ring (bicyclic) bond motifs is 1. The van der Waals surface area contributed by atoms with Crippen LogP contribution in [0.3, 0.4) is 0 Å². The summed E-state index contributed by atoms with van der Waals surface area (Å²) >= 11 is 0. The molecule has 1 aliphatic rings. The Morgan fingerprint density at radius 3 is 3.00 bits per heavy atom. The van der Waals surface area contributed by atoms with Crippen molar-refractivity contribution < 1.29 is 9.90 Å². The van der Waals surface area contributed by atoms with E-state index in [1.807, 2.05) is 30.5 Å². The molecule has 0 spiro atoms. The van der Waals surface area contributed by atoms with E-state index in [2.05, 4.69) is 4.98 Å². The average molecular weight is 230 g/mol. The van der Waals surface area contributed by atoms with Crippen molar-refractivity contribution in [2.75, 3.05) is 13.1 Å². The molecule has 4 nitrogen and oxygen atoms in total. The maximum atomic E-state index is 11.8. The molecule has 4 heteroatoms. The van der Waals surface area contributed by atoms with E-state index in [4.69, 9.17) is 5.11 Å². The zero-order valence-electron chi connectivity index (χ0n) is 9.39. The van der Waals surface area contributed by atoms with Crippen LogP contribution in [0.25, 0.3) is 10.9 Å². The average Bonchev–Trinajstić information content (AvgIpc) is 2.71. The van der Waals surface area contributed by atoms with Gasteiger partial charge in [0.1, 0.15) is 0 Å². The number of likely N-dealkylation sites (tertiary alicyclic amines) is 1. The number of benzene rings is 1. The number of nitrogens with one attached hydrogen (secondary N) is 1. The van der Waals surface area contributed by atoms with Gasteiger partial charge >= 0.3 is 0 Å². The van der Waals surface area contributed by atoms with Gasteiger partial charge in [0.15, 0.2) is 0 Å². The van der Waals surface area contributed by atoms with Crippen LogP contribution in [0.4, 0.5) is 0 Å². The number of β-amino-alcohol motifs (C(OH)–C–C–N with tert-alkyl or cyclic N) is 1. The number of aliphatic hydroxyl groups is 1. The molecule has 0 radical (unpaired) electrons. The van der Waals surface area contributed by atoms with Crippen LogP contribution in [0.15, 0.2) is 30.5 Å². The second kappa shape index (κ2) is 3.89. The fourth-order valence-electron chi connectivity index (χ4n) is 2.16. The molecule has 2 N–H and O–H groups in total. The summed E-state index contributed by atoms with van der Waals surface area (Å²) in [6, 6.07) is 7.98. The third kappa shape index (κ3) is 1.91. The Kier molecular flexibility index (Phi) is 2.37. The lowest BCUT2D eigenvalue weighted by atomic mass is 10.1. The zero-order chi connectivity index (χ0) is 11.8. The number of aromatic nitrogens is 1. The maximum Gasteiger partial charge on any atom is 0.227 e. The molecule has 17 heavy (non-hydrogen) atoms. The van der Waals surface area contributed by atoms with Crippen molar-refractivity contribution in [1.29, 1.82) is 0 Å². The maximum absolute atomic E-state index is 11.8. The highest BCUT2D eigenvalue weighted by Gasteiger charge is 2.28. The van der Waals surface area contributed by atoms with E-state index in [1.54, 1.807) is 4.90 Å². The summed E-state index contributed by atoms with van der Waals surface area (Å²) in [6.45, 7) is 0.955. The number of nitrogens with zero attached hydrogens (tertiary/aromatic N) is 1. The van der Waals surface area contributed by atoms with Crippen molar-refractivity contribution in [3.8, 4) is 0 Å². The molecular formula is C13H14N2O2. The van der Waals surface area contributed by atoms with Gasteiger partial charge < -0.3 is 15.0 Å². The fourth-order valence-corrected chi connectivity index (χ4v) is 2.16. The number of hydrogen-bond acceptors (Lipinski definition) is 2. The largest absolute Gasteiger partial charge is 0.389 e. The van der Waals surface area contributed by atoms with Crippen molar-refractivity contribution >= 4 is 16.8 Å². The second-order valence-electron chi connectivity index (χ2n) is 4.53. The Morgan fingerprint density at radius 1 is 1.41 bits per heavy atom. The molecule has 1 saturated heterocycles. The molecule has 1 amide bonds. The number of H-pyrrole nitrogens is 1. The number of aromatic amines is 1. The van der Waals surface area contributed by atoms with Gasteiger partial charge in [-0.25, -0.2) is 0 Å². The standard InChI is InChI=1S/C13H14N2O2/c16-11-7-15(8-11)13(17)6-9-1-2-12-10(5-9)3-4-14-12/h1-5,11,14,16H,6-8H2. The molecule has 1 aromatic heterocycles. The summed E-state index contributed by atoms with van der Waals surface area (Å²) in [4.78, 5) is 16.6. The predicted octanol–water partition coefficient (Wildman–Crippen LogP) is 0.913. The van der Waals surface area contributed by atoms with E-state index in [0.29, 0.717) is 19.5 Å². The van der Waals surface area contributed by atoms with Crippen molar-refractivity contribution in [3.63, 3.8) is 0 Å². The fraction of sp³-hybridized carbons (Fsp3) is 0.308. The predicted molar refractivity (Wildman–Crippen MR) is 64.6 cm³/mol. The van der Waals surface area contributed by atoms with Crippen LogP contribution < -0.4 is 0 Å². The van der Waals surface area contributed by atoms with Gasteiger partial charge in [-0.3, -0.25) is 4.79 Å². The van der Waals surface area contributed by atoms with Gasteiger partial charge in [0.05, 0.1) is 12.5 Å². The molecule has 0 unspecified atom stereocenters. The van der Waals surface area contributed by atoms with Crippen LogP contribution >= 0.6 is 0 Å². The quantitative estimate of drug-likeness (QED) is 0.805. The lowest BCUT2D eigenvalue weighted by molar-refractivity contribution is -0.140. The molecule has 2 heterocycles. The van der Waals surface area contributed by atoms with E-state index in [1.165, 1.54) is 0 Å². The highest BCUT2D eigenvalue weighted by Crippen LogP contribution is 2.16. The monoisotopic (exact) mass is 230 g/mol. The molecule has 3 rings (SSSR count). The molecular weight excluding hydrogens is 216 g/mol. The van der Waals surface area contributed by atoms with Gasteiger partial charge in [-0.15, -0.1) is 0 Å². The van der Waals surface area contributed by atoms with Crippen molar-refractivity contribution in [1.82, 2.24) is 9.88 Å². The summed E-state index contributed by atoms with van der Waals surface area (Å²) in [6.07, 6.45) is 1.97. The molecule has 88 valence electrons. The Hall–Kier alpha value is -1.81. The zero-order valence-corrected chi connectivity index (χ0v) is 9.39. The molecule has 1 aromatic carbocycles. The number of carbonyl (C=O) groups excluding carboxylic acids is 1. The second-order valence-corrected chi connectivity index (χ2v) is 4.53. The van der Waals surface area contributed by atoms with Crippen LogP contribution in [0, 0.1) is 0 Å². The number of rotatable bonds is 2. The topological polar surface area (TPSA) is 56.3 Å². The lowest BCUT2D eigenvalue weighted by Crippen LogP contribution is -2.53.